The summed E-state index contributed by atoms with van der Waals surface area (Å²) >= 11 is 0. The number of carbonyl (C=O) groups is 1. The van der Waals surface area contributed by atoms with E-state index < -0.39 is 0 Å². The Kier molecular flexibility index (Phi) is 2.55. The van der Waals surface area contributed by atoms with Crippen LogP contribution in [0.25, 0.3) is 0 Å². The lowest BCUT2D eigenvalue weighted by atomic mass is 9.68. The number of hydrogen-bond acceptors (Lipinski definition) is 4. The van der Waals surface area contributed by atoms with Crippen LogP contribution in [0.15, 0.2) is 11.6 Å². The number of rotatable bonds is 0. The maximum atomic E-state index is 11.9. The summed E-state index contributed by atoms with van der Waals surface area (Å²) in [6, 6.07) is 0. The zero-order valence-corrected chi connectivity index (χ0v) is 11.3. The van der Waals surface area contributed by atoms with Crippen LogP contribution in [-0.2, 0) is 19.0 Å². The molecular formula is C15H20O4. The third-order valence-corrected chi connectivity index (χ3v) is 5.27. The Hall–Kier alpha value is -0.870. The predicted molar refractivity (Wildman–Crippen MR) is 67.2 cm³/mol. The van der Waals surface area contributed by atoms with Crippen LogP contribution < -0.4 is 0 Å². The summed E-state index contributed by atoms with van der Waals surface area (Å²) in [7, 11) is 0. The van der Waals surface area contributed by atoms with Crippen LogP contribution in [0.3, 0.4) is 0 Å². The van der Waals surface area contributed by atoms with Gasteiger partial charge in [0.15, 0.2) is 5.79 Å². The lowest BCUT2D eigenvalue weighted by Gasteiger charge is -2.41. The number of hydrogen-bond donors (Lipinski definition) is 0. The molecule has 0 amide bonds. The SMILES string of the molecule is CC1OC(=O)C2C=C3CC4(CCC3CC12)OCCO4. The molecule has 4 aliphatic rings. The average Bonchev–Trinajstić information content (AvgIpc) is 2.95. The van der Waals surface area contributed by atoms with E-state index in [0.717, 1.165) is 25.7 Å². The topological polar surface area (TPSA) is 44.8 Å². The summed E-state index contributed by atoms with van der Waals surface area (Å²) in [4.78, 5) is 11.9. The van der Waals surface area contributed by atoms with E-state index >= 15 is 0 Å². The Morgan fingerprint density at radius 2 is 2.11 bits per heavy atom. The van der Waals surface area contributed by atoms with Gasteiger partial charge in [0.2, 0.25) is 0 Å². The van der Waals surface area contributed by atoms with Gasteiger partial charge in [0.1, 0.15) is 6.10 Å². The van der Waals surface area contributed by atoms with E-state index in [1.165, 1.54) is 5.57 Å². The summed E-state index contributed by atoms with van der Waals surface area (Å²) in [6.45, 7) is 3.42. The van der Waals surface area contributed by atoms with Crippen molar-refractivity contribution < 1.29 is 19.0 Å². The highest BCUT2D eigenvalue weighted by Crippen LogP contribution is 2.49. The van der Waals surface area contributed by atoms with Gasteiger partial charge < -0.3 is 14.2 Å². The zero-order valence-electron chi connectivity index (χ0n) is 11.3. The highest BCUT2D eigenvalue weighted by molar-refractivity contribution is 5.77. The van der Waals surface area contributed by atoms with Crippen molar-refractivity contribution in [2.24, 2.45) is 17.8 Å². The van der Waals surface area contributed by atoms with E-state index in [-0.39, 0.29) is 23.8 Å². The monoisotopic (exact) mass is 264 g/mol. The fourth-order valence-corrected chi connectivity index (χ4v) is 4.24. The van der Waals surface area contributed by atoms with Gasteiger partial charge in [-0.15, -0.1) is 0 Å². The molecule has 0 aromatic carbocycles. The van der Waals surface area contributed by atoms with Gasteiger partial charge in [0.05, 0.1) is 19.1 Å². The predicted octanol–water partition coefficient (Wildman–Crippen LogP) is 2.04. The van der Waals surface area contributed by atoms with Gasteiger partial charge >= 0.3 is 5.97 Å². The maximum absolute atomic E-state index is 11.9. The third kappa shape index (κ3) is 1.77. The van der Waals surface area contributed by atoms with Crippen molar-refractivity contribution in [2.45, 2.75) is 44.5 Å². The second-order valence-electron chi connectivity index (χ2n) is 6.33. The summed E-state index contributed by atoms with van der Waals surface area (Å²) in [6.07, 6.45) is 6.25. The van der Waals surface area contributed by atoms with Crippen LogP contribution in [0.2, 0.25) is 0 Å². The summed E-state index contributed by atoms with van der Waals surface area (Å²) in [5.74, 6) is 0.509. The van der Waals surface area contributed by atoms with Gasteiger partial charge in [-0.3, -0.25) is 4.79 Å². The van der Waals surface area contributed by atoms with Crippen LogP contribution in [0.4, 0.5) is 0 Å². The maximum Gasteiger partial charge on any atom is 0.313 e. The lowest BCUT2D eigenvalue weighted by molar-refractivity contribution is -0.172. The minimum absolute atomic E-state index is 0.0298. The van der Waals surface area contributed by atoms with Gasteiger partial charge in [0, 0.05) is 18.8 Å². The number of cyclic esters (lactones) is 1. The van der Waals surface area contributed by atoms with Gasteiger partial charge in [0.25, 0.3) is 0 Å². The normalized spacial score (nSPS) is 43.6. The minimum Gasteiger partial charge on any atom is -0.462 e. The quantitative estimate of drug-likeness (QED) is 0.496. The van der Waals surface area contributed by atoms with Crippen LogP contribution in [0.1, 0.15) is 32.6 Å². The van der Waals surface area contributed by atoms with E-state index in [1.54, 1.807) is 0 Å². The Morgan fingerprint density at radius 1 is 1.32 bits per heavy atom. The van der Waals surface area contributed by atoms with Crippen molar-refractivity contribution >= 4 is 5.97 Å². The highest BCUT2D eigenvalue weighted by atomic mass is 16.7. The van der Waals surface area contributed by atoms with E-state index in [0.29, 0.717) is 25.0 Å². The van der Waals surface area contributed by atoms with Crippen molar-refractivity contribution in [3.8, 4) is 0 Å². The molecular weight excluding hydrogens is 244 g/mol. The first-order valence-corrected chi connectivity index (χ1v) is 7.36. The minimum atomic E-state index is -0.386. The molecule has 0 aromatic rings. The molecule has 4 rings (SSSR count). The molecule has 2 saturated heterocycles. The van der Waals surface area contributed by atoms with Crippen molar-refractivity contribution in [3.63, 3.8) is 0 Å². The van der Waals surface area contributed by atoms with Crippen molar-refractivity contribution in [1.82, 2.24) is 0 Å². The Balaban J connectivity index is 1.61. The van der Waals surface area contributed by atoms with Gasteiger partial charge in [-0.05, 0) is 25.7 Å². The van der Waals surface area contributed by atoms with Gasteiger partial charge in [-0.2, -0.15) is 0 Å². The van der Waals surface area contributed by atoms with Crippen molar-refractivity contribution in [2.75, 3.05) is 13.2 Å². The van der Waals surface area contributed by atoms with E-state index in [4.69, 9.17) is 14.2 Å². The second kappa shape index (κ2) is 4.06. The summed E-state index contributed by atoms with van der Waals surface area (Å²) < 4.78 is 17.0. The summed E-state index contributed by atoms with van der Waals surface area (Å²) in [5, 5.41) is 0. The first kappa shape index (κ1) is 11.9. The number of carbonyl (C=O) groups excluding carboxylic acids is 1. The van der Waals surface area contributed by atoms with E-state index in [2.05, 4.69) is 6.08 Å². The lowest BCUT2D eigenvalue weighted by Crippen LogP contribution is -2.39. The number of esters is 1. The molecule has 3 fully saturated rings. The molecule has 1 spiro atoms. The van der Waals surface area contributed by atoms with Crippen molar-refractivity contribution in [1.29, 1.82) is 0 Å². The molecule has 19 heavy (non-hydrogen) atoms. The Morgan fingerprint density at radius 3 is 2.89 bits per heavy atom. The molecule has 2 aliphatic carbocycles. The average molecular weight is 264 g/mol. The zero-order chi connectivity index (χ0) is 13.0. The molecule has 4 nitrogen and oxygen atoms in total. The highest BCUT2D eigenvalue weighted by Gasteiger charge is 2.50. The largest absolute Gasteiger partial charge is 0.462 e. The van der Waals surface area contributed by atoms with E-state index in [1.807, 2.05) is 6.92 Å². The third-order valence-electron chi connectivity index (χ3n) is 5.27. The first-order chi connectivity index (χ1) is 9.17. The molecule has 4 atom stereocenters. The molecule has 4 unspecified atom stereocenters. The number of ether oxygens (including phenoxy) is 3. The standard InChI is InChI=1S/C15H20O4/c1-9-12-6-10-2-3-15(17-4-5-18-15)8-11(10)7-13(12)14(16)19-9/h7,9-10,12-13H,2-6,8H2,1H3. The Bertz CT molecular complexity index is 435. The molecule has 2 aliphatic heterocycles. The molecule has 104 valence electrons. The molecule has 0 aromatic heterocycles. The molecule has 0 radical (unpaired) electrons. The molecule has 4 heteroatoms. The second-order valence-corrected chi connectivity index (χ2v) is 6.33. The fraction of sp³-hybridized carbons (Fsp3) is 0.800. The summed E-state index contributed by atoms with van der Waals surface area (Å²) in [5.41, 5.74) is 1.36. The van der Waals surface area contributed by atoms with Crippen LogP contribution in [-0.4, -0.2) is 31.1 Å². The molecule has 0 bridgehead atoms. The Labute approximate surface area is 113 Å². The van der Waals surface area contributed by atoms with Crippen LogP contribution in [0, 0.1) is 17.8 Å². The molecule has 1 saturated carbocycles. The van der Waals surface area contributed by atoms with Gasteiger partial charge in [-0.1, -0.05) is 11.6 Å². The fourth-order valence-electron chi connectivity index (χ4n) is 4.24. The first-order valence-electron chi connectivity index (χ1n) is 7.36. The van der Waals surface area contributed by atoms with Gasteiger partial charge in [-0.25, -0.2) is 0 Å². The smallest absolute Gasteiger partial charge is 0.313 e. The molecule has 2 heterocycles. The number of fused-ring (bicyclic) bond motifs is 2. The van der Waals surface area contributed by atoms with Crippen LogP contribution >= 0.6 is 0 Å². The van der Waals surface area contributed by atoms with E-state index in [9.17, 15) is 4.79 Å². The molecule has 0 N–H and O–H groups in total. The van der Waals surface area contributed by atoms with Crippen molar-refractivity contribution in [3.05, 3.63) is 11.6 Å². The van der Waals surface area contributed by atoms with Crippen LogP contribution in [0.5, 0.6) is 0 Å².